The van der Waals surface area contributed by atoms with Gasteiger partial charge in [0.1, 0.15) is 6.10 Å². The van der Waals surface area contributed by atoms with E-state index in [-0.39, 0.29) is 22.0 Å². The van der Waals surface area contributed by atoms with Gasteiger partial charge in [-0.3, -0.25) is 0 Å². The van der Waals surface area contributed by atoms with Crippen molar-refractivity contribution < 1.29 is 29.1 Å². The number of furan rings is 1. The summed E-state index contributed by atoms with van der Waals surface area (Å²) in [5, 5.41) is 29.5. The summed E-state index contributed by atoms with van der Waals surface area (Å²) in [6.07, 6.45) is -0.769. The molecule has 1 unspecified atom stereocenters. The summed E-state index contributed by atoms with van der Waals surface area (Å²) in [5.41, 5.74) is 0.967. The van der Waals surface area contributed by atoms with Gasteiger partial charge in [-0.2, -0.15) is 0 Å². The molecule has 1 heterocycles. The normalized spacial score (nSPS) is 12.2. The molecule has 3 N–H and O–H groups in total. The van der Waals surface area contributed by atoms with E-state index in [4.69, 9.17) is 20.8 Å². The summed E-state index contributed by atoms with van der Waals surface area (Å²) in [5.74, 6) is -1.48. The number of fused-ring (bicyclic) bond motifs is 1. The summed E-state index contributed by atoms with van der Waals surface area (Å²) >= 11 is 9.25. The van der Waals surface area contributed by atoms with E-state index in [1.807, 2.05) is 0 Å². The number of rotatable bonds is 4. The van der Waals surface area contributed by atoms with Crippen molar-refractivity contribution in [1.82, 2.24) is 0 Å². The molecule has 26 heavy (non-hydrogen) atoms. The number of esters is 1. The quantitative estimate of drug-likeness (QED) is 0.427. The van der Waals surface area contributed by atoms with Gasteiger partial charge < -0.3 is 24.3 Å². The summed E-state index contributed by atoms with van der Waals surface area (Å²) in [4.78, 5) is 12.4. The van der Waals surface area contributed by atoms with E-state index in [2.05, 4.69) is 15.9 Å². The highest BCUT2D eigenvalue weighted by atomic mass is 79.9. The lowest BCUT2D eigenvalue weighted by atomic mass is 9.79. The van der Waals surface area contributed by atoms with Crippen LogP contribution < -0.4 is 5.46 Å². The van der Waals surface area contributed by atoms with Crippen molar-refractivity contribution in [2.45, 2.75) is 13.0 Å². The van der Waals surface area contributed by atoms with Crippen LogP contribution in [0.25, 0.3) is 11.0 Å². The Labute approximate surface area is 162 Å². The first-order valence-electron chi connectivity index (χ1n) is 7.55. The van der Waals surface area contributed by atoms with Crippen LogP contribution in [0.3, 0.4) is 0 Å². The molecule has 3 rings (SSSR count). The summed E-state index contributed by atoms with van der Waals surface area (Å²) in [7, 11) is -1.70. The minimum atomic E-state index is -1.70. The first kappa shape index (κ1) is 18.8. The molecule has 1 atom stereocenters. The fraction of sp³-hybridized carbons (Fsp3) is 0.118. The Kier molecular flexibility index (Phi) is 5.29. The van der Waals surface area contributed by atoms with Gasteiger partial charge in [0.2, 0.25) is 0 Å². The number of carbonyl (C=O) groups excluding carboxylic acids is 1. The van der Waals surface area contributed by atoms with Crippen LogP contribution in [0, 0.1) is 0 Å². The molecule has 1 aromatic heterocycles. The monoisotopic (exact) mass is 438 g/mol. The van der Waals surface area contributed by atoms with Crippen molar-refractivity contribution in [2.75, 3.05) is 0 Å². The molecule has 0 spiro atoms. The maximum Gasteiger partial charge on any atom is 0.488 e. The van der Waals surface area contributed by atoms with Crippen LogP contribution in [0.5, 0.6) is 5.75 Å². The van der Waals surface area contributed by atoms with Crippen molar-refractivity contribution in [3.05, 3.63) is 57.2 Å². The molecule has 0 saturated heterocycles. The Balaban J connectivity index is 1.89. The smallest absolute Gasteiger partial charge is 0.488 e. The molecule has 0 aliphatic carbocycles. The standard InChI is InChI=1S/C17H13BBrClO6/c1-8(9-5-10(18(23)24)7-11(20)6-9)25-17(22)16-14(21)12-3-2-4-13(19)15(12)26-16/h2-8,21,23-24H,1H3. The Morgan fingerprint density at radius 3 is 2.69 bits per heavy atom. The van der Waals surface area contributed by atoms with Gasteiger partial charge in [0.05, 0.1) is 9.86 Å². The van der Waals surface area contributed by atoms with Crippen molar-refractivity contribution >= 4 is 57.1 Å². The molecule has 3 aromatic rings. The molecule has 2 aromatic carbocycles. The van der Waals surface area contributed by atoms with Gasteiger partial charge in [-0.15, -0.1) is 0 Å². The highest BCUT2D eigenvalue weighted by Gasteiger charge is 2.25. The molecule has 0 amide bonds. The van der Waals surface area contributed by atoms with Gasteiger partial charge in [-0.05, 0) is 58.1 Å². The van der Waals surface area contributed by atoms with Crippen LogP contribution in [0.1, 0.15) is 29.1 Å². The maximum absolute atomic E-state index is 12.4. The predicted molar refractivity (Wildman–Crippen MR) is 101 cm³/mol. The summed E-state index contributed by atoms with van der Waals surface area (Å²) in [6, 6.07) is 9.44. The molecule has 0 radical (unpaired) electrons. The lowest BCUT2D eigenvalue weighted by Gasteiger charge is -2.14. The number of hydrogen-bond donors (Lipinski definition) is 3. The average Bonchev–Trinajstić information content (AvgIpc) is 2.93. The molecule has 9 heteroatoms. The first-order chi connectivity index (χ1) is 12.3. The number of halogens is 2. The molecule has 6 nitrogen and oxygen atoms in total. The van der Waals surface area contributed by atoms with Crippen LogP contribution in [-0.2, 0) is 4.74 Å². The fourth-order valence-electron chi connectivity index (χ4n) is 2.51. The maximum atomic E-state index is 12.4. The van der Waals surface area contributed by atoms with Crippen molar-refractivity contribution in [1.29, 1.82) is 0 Å². The third-order valence-electron chi connectivity index (χ3n) is 3.82. The van der Waals surface area contributed by atoms with Crippen molar-refractivity contribution in [2.24, 2.45) is 0 Å². The zero-order valence-corrected chi connectivity index (χ0v) is 15.8. The van der Waals surface area contributed by atoms with Crippen LogP contribution in [0.2, 0.25) is 5.02 Å². The molecule has 0 aliphatic heterocycles. The SMILES string of the molecule is CC(OC(=O)c1oc2c(Br)cccc2c1O)c1cc(Cl)cc(B(O)O)c1. The molecule has 0 fully saturated rings. The van der Waals surface area contributed by atoms with E-state index in [9.17, 15) is 19.9 Å². The number of benzene rings is 2. The third kappa shape index (κ3) is 3.59. The lowest BCUT2D eigenvalue weighted by Crippen LogP contribution is -2.30. The highest BCUT2D eigenvalue weighted by molar-refractivity contribution is 9.10. The number of para-hydroxylation sites is 1. The molecular formula is C17H13BBrClO6. The van der Waals surface area contributed by atoms with E-state index in [0.717, 1.165) is 0 Å². The minimum Gasteiger partial charge on any atom is -0.504 e. The highest BCUT2D eigenvalue weighted by Crippen LogP contribution is 2.37. The fourth-order valence-corrected chi connectivity index (χ4v) is 3.21. The Bertz CT molecular complexity index is 987. The Hall–Kier alpha value is -2.00. The molecule has 0 aliphatic rings. The minimum absolute atomic E-state index is 0.172. The van der Waals surface area contributed by atoms with Gasteiger partial charge in [-0.25, -0.2) is 4.79 Å². The van der Waals surface area contributed by atoms with E-state index in [1.165, 1.54) is 12.1 Å². The molecular weight excluding hydrogens is 426 g/mol. The van der Waals surface area contributed by atoms with E-state index < -0.39 is 19.2 Å². The van der Waals surface area contributed by atoms with Gasteiger partial charge in [0, 0.05) is 5.02 Å². The second kappa shape index (κ2) is 7.32. The zero-order valence-electron chi connectivity index (χ0n) is 13.4. The number of hydrogen-bond acceptors (Lipinski definition) is 6. The van der Waals surface area contributed by atoms with E-state index in [0.29, 0.717) is 21.0 Å². The summed E-state index contributed by atoms with van der Waals surface area (Å²) in [6.45, 7) is 1.59. The van der Waals surface area contributed by atoms with E-state index in [1.54, 1.807) is 31.2 Å². The first-order valence-corrected chi connectivity index (χ1v) is 8.72. The zero-order chi connectivity index (χ0) is 19.0. The third-order valence-corrected chi connectivity index (χ3v) is 4.66. The average molecular weight is 439 g/mol. The Morgan fingerprint density at radius 1 is 1.31 bits per heavy atom. The van der Waals surface area contributed by atoms with Gasteiger partial charge >= 0.3 is 13.1 Å². The predicted octanol–water partition coefficient (Wildman–Crippen LogP) is 3.15. The topological polar surface area (TPSA) is 100 Å². The van der Waals surface area contributed by atoms with Crippen LogP contribution in [0.4, 0.5) is 0 Å². The molecule has 0 bridgehead atoms. The molecule has 134 valence electrons. The van der Waals surface area contributed by atoms with E-state index >= 15 is 0 Å². The Morgan fingerprint density at radius 2 is 2.04 bits per heavy atom. The van der Waals surface area contributed by atoms with Crippen LogP contribution in [0.15, 0.2) is 45.3 Å². The van der Waals surface area contributed by atoms with Crippen molar-refractivity contribution in [3.63, 3.8) is 0 Å². The van der Waals surface area contributed by atoms with Gasteiger partial charge in [0.25, 0.3) is 5.76 Å². The lowest BCUT2D eigenvalue weighted by molar-refractivity contribution is 0.0300. The number of carbonyl (C=O) groups is 1. The largest absolute Gasteiger partial charge is 0.504 e. The summed E-state index contributed by atoms with van der Waals surface area (Å²) < 4.78 is 11.4. The van der Waals surface area contributed by atoms with Crippen LogP contribution in [-0.4, -0.2) is 28.2 Å². The second-order valence-electron chi connectivity index (χ2n) is 5.64. The van der Waals surface area contributed by atoms with Gasteiger partial charge in [0.15, 0.2) is 11.3 Å². The van der Waals surface area contributed by atoms with Crippen molar-refractivity contribution in [3.8, 4) is 5.75 Å². The number of ether oxygens (including phenoxy) is 1. The second-order valence-corrected chi connectivity index (χ2v) is 6.93. The molecule has 0 saturated carbocycles. The number of aromatic hydroxyl groups is 1. The van der Waals surface area contributed by atoms with Gasteiger partial charge in [-0.1, -0.05) is 23.7 Å². The van der Waals surface area contributed by atoms with Crippen LogP contribution >= 0.6 is 27.5 Å².